The zero-order valence-corrected chi connectivity index (χ0v) is 12.5. The van der Waals surface area contributed by atoms with Crippen molar-refractivity contribution >= 4 is 23.5 Å². The Bertz CT molecular complexity index is 592. The number of carbonyl (C=O) groups excluding carboxylic acids is 1. The fourth-order valence-corrected chi connectivity index (χ4v) is 2.09. The second kappa shape index (κ2) is 7.22. The summed E-state index contributed by atoms with van der Waals surface area (Å²) in [6.45, 7) is 2.84. The SMILES string of the molecule is C=C(C(=O)O)C(OC(C)=O)c1cc(C)c(OC(F)F)c(Cl)c1. The van der Waals surface area contributed by atoms with E-state index in [0.717, 1.165) is 6.92 Å². The number of aliphatic carboxylic acids is 1. The summed E-state index contributed by atoms with van der Waals surface area (Å²) in [6, 6.07) is 2.53. The number of esters is 1. The lowest BCUT2D eigenvalue weighted by Gasteiger charge is -2.19. The standard InChI is InChI=1S/C14H13ClF2O5/c1-6-4-9(5-10(15)11(6)22-14(16)17)12(21-8(3)18)7(2)13(19)20/h4-5,12,14H,2H2,1,3H3,(H,19,20). The van der Waals surface area contributed by atoms with Crippen LogP contribution in [0.25, 0.3) is 0 Å². The van der Waals surface area contributed by atoms with Crippen molar-refractivity contribution in [3.8, 4) is 5.75 Å². The van der Waals surface area contributed by atoms with Gasteiger partial charge in [0.15, 0.2) is 6.10 Å². The zero-order chi connectivity index (χ0) is 17.0. The molecule has 1 unspecified atom stereocenters. The number of halogens is 3. The van der Waals surface area contributed by atoms with Crippen LogP contribution in [0.4, 0.5) is 8.78 Å². The van der Waals surface area contributed by atoms with Crippen LogP contribution in [0.2, 0.25) is 5.02 Å². The van der Waals surface area contributed by atoms with Gasteiger partial charge in [-0.3, -0.25) is 4.79 Å². The van der Waals surface area contributed by atoms with Crippen LogP contribution in [0, 0.1) is 6.92 Å². The number of benzene rings is 1. The normalized spacial score (nSPS) is 11.9. The molecular formula is C14H13ClF2O5. The molecule has 1 aromatic carbocycles. The van der Waals surface area contributed by atoms with Crippen LogP contribution in [0.3, 0.4) is 0 Å². The number of hydrogen-bond acceptors (Lipinski definition) is 4. The number of carboxylic acid groups (broad SMARTS) is 1. The number of ether oxygens (including phenoxy) is 2. The van der Waals surface area contributed by atoms with Gasteiger partial charge in [0.05, 0.1) is 10.6 Å². The fraction of sp³-hybridized carbons (Fsp3) is 0.286. The highest BCUT2D eigenvalue weighted by Crippen LogP contribution is 2.36. The van der Waals surface area contributed by atoms with E-state index in [0.29, 0.717) is 0 Å². The van der Waals surface area contributed by atoms with Crippen LogP contribution in [0.1, 0.15) is 24.2 Å². The molecule has 0 fully saturated rings. The highest BCUT2D eigenvalue weighted by Gasteiger charge is 2.25. The predicted molar refractivity (Wildman–Crippen MR) is 74.1 cm³/mol. The van der Waals surface area contributed by atoms with Crippen molar-refractivity contribution in [3.05, 3.63) is 40.4 Å². The Morgan fingerprint density at radius 2 is 1.95 bits per heavy atom. The lowest BCUT2D eigenvalue weighted by atomic mass is 10.00. The summed E-state index contributed by atoms with van der Waals surface area (Å²) in [6.07, 6.45) is -1.29. The fourth-order valence-electron chi connectivity index (χ4n) is 1.77. The minimum atomic E-state index is -3.06. The van der Waals surface area contributed by atoms with Crippen LogP contribution in [-0.4, -0.2) is 23.7 Å². The predicted octanol–water partition coefficient (Wildman–Crippen LogP) is 3.49. The van der Waals surface area contributed by atoms with Crippen LogP contribution >= 0.6 is 11.6 Å². The number of carboxylic acids is 1. The smallest absolute Gasteiger partial charge is 0.387 e. The minimum absolute atomic E-state index is 0.161. The van der Waals surface area contributed by atoms with Gasteiger partial charge >= 0.3 is 18.6 Å². The largest absolute Gasteiger partial charge is 0.478 e. The van der Waals surface area contributed by atoms with E-state index < -0.39 is 30.2 Å². The molecule has 5 nitrogen and oxygen atoms in total. The van der Waals surface area contributed by atoms with Gasteiger partial charge < -0.3 is 14.6 Å². The van der Waals surface area contributed by atoms with Gasteiger partial charge in [-0.15, -0.1) is 0 Å². The molecule has 0 aromatic heterocycles. The third-order valence-electron chi connectivity index (χ3n) is 2.64. The Balaban J connectivity index is 3.29. The maximum absolute atomic E-state index is 12.3. The third kappa shape index (κ3) is 4.42. The molecule has 8 heteroatoms. The van der Waals surface area contributed by atoms with E-state index in [4.69, 9.17) is 21.4 Å². The Hall–Kier alpha value is -2.15. The van der Waals surface area contributed by atoms with E-state index in [1.807, 2.05) is 0 Å². The van der Waals surface area contributed by atoms with Gasteiger partial charge in [0.1, 0.15) is 5.75 Å². The summed E-state index contributed by atoms with van der Waals surface area (Å²) >= 11 is 5.87. The number of alkyl halides is 2. The van der Waals surface area contributed by atoms with Gasteiger partial charge in [0, 0.05) is 6.92 Å². The Morgan fingerprint density at radius 1 is 1.36 bits per heavy atom. The third-order valence-corrected chi connectivity index (χ3v) is 2.92. The molecule has 0 spiro atoms. The van der Waals surface area contributed by atoms with Crippen molar-refractivity contribution in [2.24, 2.45) is 0 Å². The summed E-state index contributed by atoms with van der Waals surface area (Å²) in [7, 11) is 0. The molecule has 1 atom stereocenters. The molecule has 0 saturated heterocycles. The van der Waals surface area contributed by atoms with Gasteiger partial charge in [-0.2, -0.15) is 8.78 Å². The molecular weight excluding hydrogens is 322 g/mol. The van der Waals surface area contributed by atoms with Crippen LogP contribution in [0.15, 0.2) is 24.3 Å². The van der Waals surface area contributed by atoms with E-state index in [1.54, 1.807) is 0 Å². The van der Waals surface area contributed by atoms with E-state index in [-0.39, 0.29) is 21.9 Å². The van der Waals surface area contributed by atoms with Crippen LogP contribution < -0.4 is 4.74 Å². The number of carbonyl (C=O) groups is 2. The average Bonchev–Trinajstić information content (AvgIpc) is 2.38. The summed E-state index contributed by atoms with van der Waals surface area (Å²) in [4.78, 5) is 22.2. The van der Waals surface area contributed by atoms with Crippen molar-refractivity contribution in [2.45, 2.75) is 26.6 Å². The monoisotopic (exact) mass is 334 g/mol. The molecule has 1 N–H and O–H groups in total. The van der Waals surface area contributed by atoms with Gasteiger partial charge in [-0.25, -0.2) is 4.79 Å². The van der Waals surface area contributed by atoms with E-state index in [1.165, 1.54) is 19.1 Å². The number of aryl methyl sites for hydroxylation is 1. The van der Waals surface area contributed by atoms with E-state index in [9.17, 15) is 18.4 Å². The molecule has 0 aliphatic heterocycles. The summed E-state index contributed by atoms with van der Waals surface area (Å²) < 4.78 is 33.8. The van der Waals surface area contributed by atoms with Gasteiger partial charge in [0.2, 0.25) is 0 Å². The molecule has 0 radical (unpaired) electrons. The Kier molecular flexibility index (Phi) is 5.87. The molecule has 22 heavy (non-hydrogen) atoms. The van der Waals surface area contributed by atoms with Crippen molar-refractivity contribution in [1.82, 2.24) is 0 Å². The first-order valence-electron chi connectivity index (χ1n) is 5.97. The maximum atomic E-state index is 12.3. The molecule has 0 aliphatic rings. The summed E-state index contributed by atoms with van der Waals surface area (Å²) in [5, 5.41) is 8.83. The lowest BCUT2D eigenvalue weighted by Crippen LogP contribution is -2.16. The number of rotatable bonds is 6. The first-order valence-corrected chi connectivity index (χ1v) is 6.35. The first kappa shape index (κ1) is 17.9. The van der Waals surface area contributed by atoms with Gasteiger partial charge in [0.25, 0.3) is 0 Å². The molecule has 0 saturated carbocycles. The molecule has 0 amide bonds. The van der Waals surface area contributed by atoms with E-state index >= 15 is 0 Å². The summed E-state index contributed by atoms with van der Waals surface area (Å²) in [5.74, 6) is -2.33. The van der Waals surface area contributed by atoms with Crippen molar-refractivity contribution in [3.63, 3.8) is 0 Å². The van der Waals surface area contributed by atoms with Gasteiger partial charge in [-0.05, 0) is 30.2 Å². The molecule has 0 aliphatic carbocycles. The molecule has 0 heterocycles. The van der Waals surface area contributed by atoms with E-state index in [2.05, 4.69) is 11.3 Å². The molecule has 1 rings (SSSR count). The zero-order valence-electron chi connectivity index (χ0n) is 11.7. The topological polar surface area (TPSA) is 72.8 Å². The Labute approximate surface area is 130 Å². The average molecular weight is 335 g/mol. The highest BCUT2D eigenvalue weighted by molar-refractivity contribution is 6.32. The van der Waals surface area contributed by atoms with Crippen molar-refractivity contribution in [2.75, 3.05) is 0 Å². The minimum Gasteiger partial charge on any atom is -0.478 e. The highest BCUT2D eigenvalue weighted by atomic mass is 35.5. The van der Waals surface area contributed by atoms with Crippen molar-refractivity contribution < 1.29 is 33.0 Å². The number of hydrogen-bond donors (Lipinski definition) is 1. The first-order chi connectivity index (χ1) is 10.1. The second-order valence-electron chi connectivity index (χ2n) is 4.35. The summed E-state index contributed by atoms with van der Waals surface area (Å²) in [5.41, 5.74) is 0.0260. The molecule has 0 bridgehead atoms. The second-order valence-corrected chi connectivity index (χ2v) is 4.75. The molecule has 1 aromatic rings. The van der Waals surface area contributed by atoms with Crippen molar-refractivity contribution in [1.29, 1.82) is 0 Å². The lowest BCUT2D eigenvalue weighted by molar-refractivity contribution is -0.146. The van der Waals surface area contributed by atoms with Crippen LogP contribution in [0.5, 0.6) is 5.75 Å². The maximum Gasteiger partial charge on any atom is 0.387 e. The van der Waals surface area contributed by atoms with Crippen LogP contribution in [-0.2, 0) is 14.3 Å². The molecule has 120 valence electrons. The van der Waals surface area contributed by atoms with Gasteiger partial charge in [-0.1, -0.05) is 18.2 Å². The Morgan fingerprint density at radius 3 is 2.36 bits per heavy atom. The quantitative estimate of drug-likeness (QED) is 0.636.